The normalized spacial score (nSPS) is 16.8. The summed E-state index contributed by atoms with van der Waals surface area (Å²) in [4.78, 5) is 14.9. The molecule has 1 saturated heterocycles. The van der Waals surface area contributed by atoms with Gasteiger partial charge in [0.2, 0.25) is 5.91 Å². The molecule has 3 aromatic carbocycles. The van der Waals surface area contributed by atoms with Gasteiger partial charge in [-0.3, -0.25) is 4.79 Å². The van der Waals surface area contributed by atoms with Crippen molar-refractivity contribution in [2.24, 2.45) is 5.41 Å². The Morgan fingerprint density at radius 1 is 1.03 bits per heavy atom. The lowest BCUT2D eigenvalue weighted by molar-refractivity contribution is -0.127. The molecule has 1 aliphatic rings. The second-order valence-corrected chi connectivity index (χ2v) is 10.7. The van der Waals surface area contributed by atoms with E-state index in [9.17, 15) is 9.90 Å². The van der Waals surface area contributed by atoms with Crippen molar-refractivity contribution < 1.29 is 14.6 Å². The molecule has 5 heteroatoms. The third-order valence-electron chi connectivity index (χ3n) is 7.44. The zero-order chi connectivity index (χ0) is 25.9. The van der Waals surface area contributed by atoms with E-state index in [1.165, 1.54) is 5.56 Å². The summed E-state index contributed by atoms with van der Waals surface area (Å²) in [5.41, 5.74) is 3.41. The van der Waals surface area contributed by atoms with Gasteiger partial charge in [-0.25, -0.2) is 0 Å². The number of aliphatic hydroxyl groups is 1. The van der Waals surface area contributed by atoms with E-state index in [0.717, 1.165) is 41.1 Å². The lowest BCUT2D eigenvalue weighted by Gasteiger charge is -2.56. The minimum atomic E-state index is -1.14. The van der Waals surface area contributed by atoms with E-state index in [2.05, 4.69) is 62.3 Å². The number of benzene rings is 3. The molecule has 0 spiro atoms. The van der Waals surface area contributed by atoms with Crippen LogP contribution in [0.15, 0.2) is 72.8 Å². The molecule has 1 heterocycles. The molecule has 5 nitrogen and oxygen atoms in total. The second kappa shape index (κ2) is 10.5. The van der Waals surface area contributed by atoms with Crippen molar-refractivity contribution in [1.82, 2.24) is 10.2 Å². The highest BCUT2D eigenvalue weighted by Gasteiger charge is 2.55. The van der Waals surface area contributed by atoms with E-state index in [-0.39, 0.29) is 17.7 Å². The van der Waals surface area contributed by atoms with E-state index in [4.69, 9.17) is 4.74 Å². The Morgan fingerprint density at radius 2 is 1.69 bits per heavy atom. The summed E-state index contributed by atoms with van der Waals surface area (Å²) in [7, 11) is 3.70. The maximum atomic E-state index is 12.6. The second-order valence-electron chi connectivity index (χ2n) is 10.7. The standard InChI is InChI=1S/C31H38N2O3/c1-22(2)25-12-14-26(15-13-25)31(35,30(3)20-33(4)21-30)27-10-6-9-24(16-27)19-32-29(34)18-23-8-7-11-28(17-23)36-5/h6-17,22,35H,18-21H2,1-5H3,(H,32,34)/t31-/m0/s1. The van der Waals surface area contributed by atoms with Gasteiger partial charge >= 0.3 is 0 Å². The van der Waals surface area contributed by atoms with Crippen LogP contribution in [0, 0.1) is 5.41 Å². The maximum Gasteiger partial charge on any atom is 0.224 e. The molecule has 1 fully saturated rings. The molecular weight excluding hydrogens is 448 g/mol. The van der Waals surface area contributed by atoms with Crippen LogP contribution in [0.3, 0.4) is 0 Å². The first-order valence-corrected chi connectivity index (χ1v) is 12.6. The van der Waals surface area contributed by atoms with Gasteiger partial charge in [0.1, 0.15) is 11.4 Å². The summed E-state index contributed by atoms with van der Waals surface area (Å²) in [6.07, 6.45) is 0.285. The zero-order valence-corrected chi connectivity index (χ0v) is 22.0. The van der Waals surface area contributed by atoms with E-state index in [1.807, 2.05) is 48.5 Å². The maximum absolute atomic E-state index is 12.6. The zero-order valence-electron chi connectivity index (χ0n) is 22.0. The monoisotopic (exact) mass is 486 g/mol. The topological polar surface area (TPSA) is 61.8 Å². The van der Waals surface area contributed by atoms with Crippen LogP contribution < -0.4 is 10.1 Å². The van der Waals surface area contributed by atoms with E-state index >= 15 is 0 Å². The van der Waals surface area contributed by atoms with Gasteiger partial charge in [-0.15, -0.1) is 0 Å². The Morgan fingerprint density at radius 3 is 2.33 bits per heavy atom. The van der Waals surface area contributed by atoms with Crippen molar-refractivity contribution in [2.45, 2.75) is 45.3 Å². The molecular formula is C31H38N2O3. The highest BCUT2D eigenvalue weighted by atomic mass is 16.5. The first kappa shape index (κ1) is 25.9. The molecule has 0 aliphatic carbocycles. The van der Waals surface area contributed by atoms with Crippen LogP contribution in [0.25, 0.3) is 0 Å². The smallest absolute Gasteiger partial charge is 0.224 e. The molecule has 2 N–H and O–H groups in total. The molecule has 0 bridgehead atoms. The van der Waals surface area contributed by atoms with Crippen LogP contribution >= 0.6 is 0 Å². The largest absolute Gasteiger partial charge is 0.497 e. The SMILES string of the molecule is COc1cccc(CC(=O)NCc2cccc([C@@](O)(c3ccc(C(C)C)cc3)C3(C)CN(C)C3)c2)c1. The molecule has 190 valence electrons. The number of amides is 1. The highest BCUT2D eigenvalue weighted by Crippen LogP contribution is 2.50. The number of hydrogen-bond acceptors (Lipinski definition) is 4. The Kier molecular flexibility index (Phi) is 7.53. The van der Waals surface area contributed by atoms with E-state index in [0.29, 0.717) is 12.5 Å². The van der Waals surface area contributed by atoms with Crippen molar-refractivity contribution in [2.75, 3.05) is 27.2 Å². The lowest BCUT2D eigenvalue weighted by atomic mass is 9.62. The number of carbonyl (C=O) groups is 1. The summed E-state index contributed by atoms with van der Waals surface area (Å²) >= 11 is 0. The highest BCUT2D eigenvalue weighted by molar-refractivity contribution is 5.78. The van der Waals surface area contributed by atoms with Crippen molar-refractivity contribution in [3.8, 4) is 5.75 Å². The number of methoxy groups -OCH3 is 1. The lowest BCUT2D eigenvalue weighted by Crippen LogP contribution is -2.63. The predicted molar refractivity (Wildman–Crippen MR) is 144 cm³/mol. The first-order chi connectivity index (χ1) is 17.1. The minimum absolute atomic E-state index is 0.0548. The Hall–Kier alpha value is -3.15. The molecule has 0 saturated carbocycles. The van der Waals surface area contributed by atoms with Crippen molar-refractivity contribution in [3.05, 3.63) is 101 Å². The molecule has 36 heavy (non-hydrogen) atoms. The van der Waals surface area contributed by atoms with E-state index in [1.54, 1.807) is 7.11 Å². The van der Waals surface area contributed by atoms with Crippen LogP contribution in [0.2, 0.25) is 0 Å². The van der Waals surface area contributed by atoms with Gasteiger partial charge in [0.25, 0.3) is 0 Å². The molecule has 0 aromatic heterocycles. The molecule has 4 rings (SSSR count). The number of nitrogens with one attached hydrogen (secondary N) is 1. The van der Waals surface area contributed by atoms with Crippen molar-refractivity contribution in [3.63, 3.8) is 0 Å². The third kappa shape index (κ3) is 5.18. The predicted octanol–water partition coefficient (Wildman–Crippen LogP) is 4.87. The molecule has 3 aromatic rings. The Labute approximate surface area is 215 Å². The van der Waals surface area contributed by atoms with Crippen LogP contribution in [0.4, 0.5) is 0 Å². The molecule has 0 radical (unpaired) electrons. The summed E-state index contributed by atoms with van der Waals surface area (Å²) in [6.45, 7) is 8.51. The summed E-state index contributed by atoms with van der Waals surface area (Å²) in [5, 5.41) is 15.4. The fourth-order valence-electron chi connectivity index (χ4n) is 5.48. The van der Waals surface area contributed by atoms with Crippen LogP contribution in [-0.2, 0) is 23.4 Å². The molecule has 1 amide bonds. The van der Waals surface area contributed by atoms with Crippen molar-refractivity contribution >= 4 is 5.91 Å². The average Bonchev–Trinajstić information content (AvgIpc) is 2.86. The van der Waals surface area contributed by atoms with Gasteiger partial charge in [0.05, 0.1) is 13.5 Å². The summed E-state index contributed by atoms with van der Waals surface area (Å²) in [6, 6.07) is 23.9. The minimum Gasteiger partial charge on any atom is -0.497 e. The summed E-state index contributed by atoms with van der Waals surface area (Å²) in [5.74, 6) is 1.12. The molecule has 1 atom stereocenters. The number of nitrogens with zero attached hydrogens (tertiary/aromatic N) is 1. The third-order valence-corrected chi connectivity index (χ3v) is 7.44. The van der Waals surface area contributed by atoms with Gasteiger partial charge in [-0.05, 0) is 52.9 Å². The fraction of sp³-hybridized carbons (Fsp3) is 0.387. The molecule has 0 unspecified atom stereocenters. The van der Waals surface area contributed by atoms with Gasteiger partial charge in [0, 0.05) is 25.0 Å². The van der Waals surface area contributed by atoms with Gasteiger partial charge in [-0.2, -0.15) is 0 Å². The number of carbonyl (C=O) groups excluding carboxylic acids is 1. The number of rotatable bonds is 9. The molecule has 1 aliphatic heterocycles. The fourth-order valence-corrected chi connectivity index (χ4v) is 5.48. The van der Waals surface area contributed by atoms with Crippen LogP contribution in [0.1, 0.15) is 54.5 Å². The Bertz CT molecular complexity index is 1200. The Balaban J connectivity index is 1.56. The quantitative estimate of drug-likeness (QED) is 0.453. The number of ether oxygens (including phenoxy) is 1. The van der Waals surface area contributed by atoms with Crippen LogP contribution in [-0.4, -0.2) is 43.2 Å². The van der Waals surface area contributed by atoms with Crippen LogP contribution in [0.5, 0.6) is 5.75 Å². The summed E-state index contributed by atoms with van der Waals surface area (Å²) < 4.78 is 5.25. The number of likely N-dealkylation sites (tertiary alicyclic amines) is 1. The first-order valence-electron chi connectivity index (χ1n) is 12.6. The number of hydrogen-bond donors (Lipinski definition) is 2. The van der Waals surface area contributed by atoms with E-state index < -0.39 is 5.60 Å². The van der Waals surface area contributed by atoms with Gasteiger partial charge in [-0.1, -0.05) is 81.4 Å². The van der Waals surface area contributed by atoms with Gasteiger partial charge in [0.15, 0.2) is 0 Å². The van der Waals surface area contributed by atoms with Crippen molar-refractivity contribution in [1.29, 1.82) is 0 Å². The average molecular weight is 487 g/mol. The van der Waals surface area contributed by atoms with Gasteiger partial charge < -0.3 is 20.1 Å².